The molecule has 0 aliphatic carbocycles. The van der Waals surface area contributed by atoms with E-state index in [4.69, 9.17) is 4.74 Å². The van der Waals surface area contributed by atoms with E-state index in [-0.39, 0.29) is 0 Å². The minimum Gasteiger partial charge on any atom is -0.420 e. The molecule has 0 atom stereocenters. The Morgan fingerprint density at radius 2 is 1.76 bits per heavy atom. The van der Waals surface area contributed by atoms with Gasteiger partial charge in [-0.05, 0) is 23.6 Å². The molecule has 2 rings (SSSR count). The van der Waals surface area contributed by atoms with E-state index in [1.165, 1.54) is 0 Å². The number of carbonyl (C=O) groups is 2. The second-order valence-electron chi connectivity index (χ2n) is 4.51. The molecule has 0 aliphatic heterocycles. The third-order valence-corrected chi connectivity index (χ3v) is 3.15. The minimum absolute atomic E-state index is 0.305. The van der Waals surface area contributed by atoms with E-state index in [2.05, 4.69) is 6.58 Å². The summed E-state index contributed by atoms with van der Waals surface area (Å²) < 4.78 is 5.20. The lowest BCUT2D eigenvalue weighted by Crippen LogP contribution is -2.21. The van der Waals surface area contributed by atoms with Crippen molar-refractivity contribution in [3.05, 3.63) is 71.8 Å². The maximum absolute atomic E-state index is 12.0. The molecule has 0 spiro atoms. The Labute approximate surface area is 123 Å². The van der Waals surface area contributed by atoms with Crippen LogP contribution in [-0.4, -0.2) is 11.8 Å². The van der Waals surface area contributed by atoms with Gasteiger partial charge in [-0.2, -0.15) is 0 Å². The maximum Gasteiger partial charge on any atom is 0.385 e. The summed E-state index contributed by atoms with van der Waals surface area (Å²) in [6.07, 6.45) is 2.40. The summed E-state index contributed by atoms with van der Waals surface area (Å²) in [4.78, 5) is 24.0. The van der Waals surface area contributed by atoms with Crippen LogP contribution in [0.25, 0.3) is 6.08 Å². The van der Waals surface area contributed by atoms with Gasteiger partial charge in [0.15, 0.2) is 0 Å². The average Bonchev–Trinajstić information content (AvgIpc) is 2.54. The highest BCUT2D eigenvalue weighted by Crippen LogP contribution is 2.19. The van der Waals surface area contributed by atoms with Crippen molar-refractivity contribution in [1.29, 1.82) is 0 Å². The molecule has 0 aromatic heterocycles. The molecule has 0 unspecified atom stereocenters. The molecule has 0 radical (unpaired) electrons. The molecule has 0 amide bonds. The Morgan fingerprint density at radius 1 is 1.10 bits per heavy atom. The molecular formula is C18H16O3. The van der Waals surface area contributed by atoms with E-state index in [0.29, 0.717) is 11.3 Å². The molecule has 2 aromatic rings. The standard InChI is InChI=1S/C18H16O3/c1-3-13-9-11-15(12-10-13)17(19)18(20)21-16-8-6-5-7-14(16)4-2/h3,5-12H,1,4H2,2H3. The number of esters is 1. The van der Waals surface area contributed by atoms with E-state index in [9.17, 15) is 9.59 Å². The van der Waals surface area contributed by atoms with Gasteiger partial charge in [0, 0.05) is 5.56 Å². The number of Topliss-reactive ketones (excluding diaryl/α,β-unsaturated/α-hetero) is 1. The molecule has 0 N–H and O–H groups in total. The molecule has 0 heterocycles. The normalized spacial score (nSPS) is 9.95. The Kier molecular flexibility index (Phi) is 4.67. The first-order valence-electron chi connectivity index (χ1n) is 6.72. The zero-order valence-electron chi connectivity index (χ0n) is 11.8. The van der Waals surface area contributed by atoms with Gasteiger partial charge in [-0.3, -0.25) is 4.79 Å². The monoisotopic (exact) mass is 280 g/mol. The number of hydrogen-bond donors (Lipinski definition) is 0. The summed E-state index contributed by atoms with van der Waals surface area (Å²) in [5.74, 6) is -1.10. The Morgan fingerprint density at radius 3 is 2.38 bits per heavy atom. The van der Waals surface area contributed by atoms with E-state index >= 15 is 0 Å². The molecule has 0 bridgehead atoms. The zero-order chi connectivity index (χ0) is 15.2. The highest BCUT2D eigenvalue weighted by atomic mass is 16.5. The Hall–Kier alpha value is -2.68. The first kappa shape index (κ1) is 14.7. The zero-order valence-corrected chi connectivity index (χ0v) is 11.8. The minimum atomic E-state index is -0.873. The molecule has 2 aromatic carbocycles. The summed E-state index contributed by atoms with van der Waals surface area (Å²) in [5, 5.41) is 0. The lowest BCUT2D eigenvalue weighted by molar-refractivity contribution is -0.129. The molecule has 3 heteroatoms. The molecule has 3 nitrogen and oxygen atoms in total. The van der Waals surface area contributed by atoms with Crippen molar-refractivity contribution in [3.8, 4) is 5.75 Å². The first-order chi connectivity index (χ1) is 10.2. The lowest BCUT2D eigenvalue weighted by atomic mass is 10.1. The molecule has 21 heavy (non-hydrogen) atoms. The number of rotatable bonds is 5. The predicted octanol–water partition coefficient (Wildman–Crippen LogP) is 3.68. The Bertz CT molecular complexity index is 669. The van der Waals surface area contributed by atoms with Crippen LogP contribution < -0.4 is 4.74 Å². The fourth-order valence-corrected chi connectivity index (χ4v) is 1.93. The summed E-state index contributed by atoms with van der Waals surface area (Å²) in [7, 11) is 0. The SMILES string of the molecule is C=Cc1ccc(C(=O)C(=O)Oc2ccccc2CC)cc1. The molecule has 106 valence electrons. The van der Waals surface area contributed by atoms with Gasteiger partial charge >= 0.3 is 5.97 Å². The maximum atomic E-state index is 12.0. The van der Waals surface area contributed by atoms with Crippen molar-refractivity contribution in [1.82, 2.24) is 0 Å². The van der Waals surface area contributed by atoms with Crippen molar-refractivity contribution in [2.75, 3.05) is 0 Å². The van der Waals surface area contributed by atoms with Gasteiger partial charge in [0.1, 0.15) is 5.75 Å². The lowest BCUT2D eigenvalue weighted by Gasteiger charge is -2.08. The largest absolute Gasteiger partial charge is 0.420 e. The van der Waals surface area contributed by atoms with Crippen molar-refractivity contribution >= 4 is 17.8 Å². The third-order valence-electron chi connectivity index (χ3n) is 3.15. The molecular weight excluding hydrogens is 264 g/mol. The number of benzene rings is 2. The topological polar surface area (TPSA) is 43.4 Å². The van der Waals surface area contributed by atoms with Crippen LogP contribution in [0.2, 0.25) is 0 Å². The van der Waals surface area contributed by atoms with Crippen LogP contribution in [0.3, 0.4) is 0 Å². The highest BCUT2D eigenvalue weighted by molar-refractivity contribution is 6.41. The van der Waals surface area contributed by atoms with Gasteiger partial charge in [-0.1, -0.05) is 62.0 Å². The number of para-hydroxylation sites is 1. The predicted molar refractivity (Wildman–Crippen MR) is 82.3 cm³/mol. The fourth-order valence-electron chi connectivity index (χ4n) is 1.93. The molecule has 0 fully saturated rings. The van der Waals surface area contributed by atoms with Gasteiger partial charge in [0.25, 0.3) is 5.78 Å². The number of ether oxygens (including phenoxy) is 1. The van der Waals surface area contributed by atoms with Crippen LogP contribution in [-0.2, 0) is 11.2 Å². The van der Waals surface area contributed by atoms with Crippen molar-refractivity contribution < 1.29 is 14.3 Å². The van der Waals surface area contributed by atoms with Crippen LogP contribution in [0.1, 0.15) is 28.4 Å². The van der Waals surface area contributed by atoms with E-state index < -0.39 is 11.8 Å². The van der Waals surface area contributed by atoms with Crippen LogP contribution in [0, 0.1) is 0 Å². The van der Waals surface area contributed by atoms with Gasteiger partial charge < -0.3 is 4.74 Å². The van der Waals surface area contributed by atoms with E-state index in [1.807, 2.05) is 19.1 Å². The van der Waals surface area contributed by atoms with Crippen LogP contribution in [0.4, 0.5) is 0 Å². The van der Waals surface area contributed by atoms with Gasteiger partial charge in [0.05, 0.1) is 0 Å². The quantitative estimate of drug-likeness (QED) is 0.363. The second-order valence-corrected chi connectivity index (χ2v) is 4.51. The summed E-state index contributed by atoms with van der Waals surface area (Å²) in [6.45, 7) is 5.60. The van der Waals surface area contributed by atoms with Crippen molar-refractivity contribution in [2.45, 2.75) is 13.3 Å². The molecule has 0 aliphatic rings. The highest BCUT2D eigenvalue weighted by Gasteiger charge is 2.19. The second kappa shape index (κ2) is 6.66. The Balaban J connectivity index is 2.15. The van der Waals surface area contributed by atoms with Crippen LogP contribution >= 0.6 is 0 Å². The fraction of sp³-hybridized carbons (Fsp3) is 0.111. The third kappa shape index (κ3) is 3.45. The molecule has 0 saturated carbocycles. The van der Waals surface area contributed by atoms with Crippen LogP contribution in [0.5, 0.6) is 5.75 Å². The average molecular weight is 280 g/mol. The summed E-state index contributed by atoms with van der Waals surface area (Å²) >= 11 is 0. The van der Waals surface area contributed by atoms with Crippen molar-refractivity contribution in [2.24, 2.45) is 0 Å². The van der Waals surface area contributed by atoms with Gasteiger partial charge in [0.2, 0.25) is 0 Å². The van der Waals surface area contributed by atoms with Gasteiger partial charge in [-0.15, -0.1) is 0 Å². The number of ketones is 1. The summed E-state index contributed by atoms with van der Waals surface area (Å²) in [5.41, 5.74) is 2.08. The van der Waals surface area contributed by atoms with Gasteiger partial charge in [-0.25, -0.2) is 4.79 Å². The van der Waals surface area contributed by atoms with E-state index in [1.54, 1.807) is 42.5 Å². The molecule has 0 saturated heterocycles. The number of carbonyl (C=O) groups excluding carboxylic acids is 2. The van der Waals surface area contributed by atoms with Crippen molar-refractivity contribution in [3.63, 3.8) is 0 Å². The van der Waals surface area contributed by atoms with E-state index in [0.717, 1.165) is 17.5 Å². The smallest absolute Gasteiger partial charge is 0.385 e. The first-order valence-corrected chi connectivity index (χ1v) is 6.72. The van der Waals surface area contributed by atoms with Crippen LogP contribution in [0.15, 0.2) is 55.1 Å². The number of aryl methyl sites for hydroxylation is 1. The summed E-state index contributed by atoms with van der Waals surface area (Å²) in [6, 6.07) is 13.8. The number of hydrogen-bond acceptors (Lipinski definition) is 3.